The van der Waals surface area contributed by atoms with E-state index in [9.17, 15) is 13.2 Å². The van der Waals surface area contributed by atoms with Crippen LogP contribution in [0.2, 0.25) is 0 Å². The van der Waals surface area contributed by atoms with Gasteiger partial charge in [-0.15, -0.1) is 0 Å². The Labute approximate surface area is 109 Å². The molecule has 1 aliphatic carbocycles. The number of amides is 1. The average Bonchev–Trinajstić information content (AvgIpc) is 2.75. The molecule has 0 aromatic carbocycles. The Bertz CT molecular complexity index is 402. The predicted molar refractivity (Wildman–Crippen MR) is 69.3 cm³/mol. The first-order chi connectivity index (χ1) is 8.47. The van der Waals surface area contributed by atoms with Crippen LogP contribution in [0.3, 0.4) is 0 Å². The third-order valence-electron chi connectivity index (χ3n) is 4.04. The molecule has 2 aliphatic rings. The van der Waals surface area contributed by atoms with Gasteiger partial charge in [-0.1, -0.05) is 19.3 Å². The molecule has 0 radical (unpaired) electrons. The quantitative estimate of drug-likeness (QED) is 0.828. The molecule has 1 atom stereocenters. The summed E-state index contributed by atoms with van der Waals surface area (Å²) in [6.45, 7) is 0.690. The zero-order valence-corrected chi connectivity index (χ0v) is 11.5. The Morgan fingerprint density at radius 1 is 1.11 bits per heavy atom. The number of carbonyl (C=O) groups excluding carboxylic acids is 1. The Morgan fingerprint density at radius 3 is 2.39 bits per heavy atom. The summed E-state index contributed by atoms with van der Waals surface area (Å²) < 4.78 is 22.3. The fraction of sp³-hybridized carbons (Fsp3) is 0.917. The van der Waals surface area contributed by atoms with Gasteiger partial charge in [0.25, 0.3) is 0 Å². The van der Waals surface area contributed by atoms with Gasteiger partial charge in [-0.25, -0.2) is 13.6 Å². The van der Waals surface area contributed by atoms with Crippen LogP contribution in [-0.4, -0.2) is 37.6 Å². The maximum absolute atomic E-state index is 12.4. The predicted octanol–water partition coefficient (Wildman–Crippen LogP) is 0.846. The number of carbonyl (C=O) groups is 1. The van der Waals surface area contributed by atoms with E-state index in [1.165, 1.54) is 6.42 Å². The van der Waals surface area contributed by atoms with Gasteiger partial charge < -0.3 is 4.90 Å². The van der Waals surface area contributed by atoms with E-state index in [1.54, 1.807) is 4.90 Å². The molecule has 0 bridgehead atoms. The van der Waals surface area contributed by atoms with Crippen LogP contribution in [0, 0.1) is 5.92 Å². The van der Waals surface area contributed by atoms with E-state index in [1.807, 2.05) is 0 Å². The third-order valence-corrected chi connectivity index (χ3v) is 4.89. The van der Waals surface area contributed by atoms with Gasteiger partial charge in [-0.3, -0.25) is 4.79 Å². The van der Waals surface area contributed by atoms with E-state index in [0.29, 0.717) is 6.54 Å². The van der Waals surface area contributed by atoms with Crippen molar-refractivity contribution >= 4 is 15.9 Å². The number of primary sulfonamides is 1. The number of sulfonamides is 1. The van der Waals surface area contributed by atoms with Crippen LogP contribution in [0.5, 0.6) is 0 Å². The van der Waals surface area contributed by atoms with Gasteiger partial charge >= 0.3 is 0 Å². The standard InChI is InChI=1S/C12H22N2O3S/c13-18(16,17)9-11-7-4-8-14(11)12(15)10-5-2-1-3-6-10/h10-11H,1-9H2,(H2,13,16,17). The van der Waals surface area contributed by atoms with Crippen LogP contribution in [-0.2, 0) is 14.8 Å². The van der Waals surface area contributed by atoms with Gasteiger partial charge in [0.2, 0.25) is 15.9 Å². The van der Waals surface area contributed by atoms with Crippen molar-refractivity contribution in [2.24, 2.45) is 11.1 Å². The van der Waals surface area contributed by atoms with Gasteiger partial charge in [0, 0.05) is 18.5 Å². The summed E-state index contributed by atoms with van der Waals surface area (Å²) in [7, 11) is -3.50. The lowest BCUT2D eigenvalue weighted by atomic mass is 9.88. The number of rotatable bonds is 3. The van der Waals surface area contributed by atoms with E-state index in [2.05, 4.69) is 0 Å². The van der Waals surface area contributed by atoms with Gasteiger partial charge in [0.15, 0.2) is 0 Å². The molecular formula is C12H22N2O3S. The molecule has 1 heterocycles. The second-order valence-corrected chi connectivity index (χ2v) is 7.15. The van der Waals surface area contributed by atoms with Crippen LogP contribution in [0.15, 0.2) is 0 Å². The molecule has 1 aliphatic heterocycles. The van der Waals surface area contributed by atoms with E-state index >= 15 is 0 Å². The summed E-state index contributed by atoms with van der Waals surface area (Å²) in [6.07, 6.45) is 7.00. The molecule has 6 heteroatoms. The topological polar surface area (TPSA) is 80.5 Å². The van der Waals surface area contributed by atoms with Crippen molar-refractivity contribution in [3.63, 3.8) is 0 Å². The highest BCUT2D eigenvalue weighted by Crippen LogP contribution is 2.28. The zero-order chi connectivity index (χ0) is 13.2. The molecule has 18 heavy (non-hydrogen) atoms. The summed E-state index contributed by atoms with van der Waals surface area (Å²) >= 11 is 0. The number of nitrogens with zero attached hydrogens (tertiary/aromatic N) is 1. The lowest BCUT2D eigenvalue weighted by Crippen LogP contribution is -2.44. The Hall–Kier alpha value is -0.620. The first-order valence-corrected chi connectivity index (χ1v) is 8.50. The molecule has 2 N–H and O–H groups in total. The minimum Gasteiger partial charge on any atom is -0.338 e. The largest absolute Gasteiger partial charge is 0.338 e. The molecule has 1 saturated heterocycles. The second kappa shape index (κ2) is 5.57. The van der Waals surface area contributed by atoms with Crippen LogP contribution >= 0.6 is 0 Å². The van der Waals surface area contributed by atoms with E-state index in [-0.39, 0.29) is 23.6 Å². The maximum Gasteiger partial charge on any atom is 0.225 e. The summed E-state index contributed by atoms with van der Waals surface area (Å²) in [5.74, 6) is 0.173. The molecule has 0 aromatic heterocycles. The summed E-state index contributed by atoms with van der Waals surface area (Å²) in [6, 6.07) is -0.200. The highest BCUT2D eigenvalue weighted by Gasteiger charge is 2.35. The van der Waals surface area contributed by atoms with Crippen molar-refractivity contribution in [2.75, 3.05) is 12.3 Å². The van der Waals surface area contributed by atoms with E-state index in [0.717, 1.165) is 38.5 Å². The number of hydrogen-bond donors (Lipinski definition) is 1. The van der Waals surface area contributed by atoms with Gasteiger partial charge in [-0.2, -0.15) is 0 Å². The van der Waals surface area contributed by atoms with Crippen LogP contribution < -0.4 is 5.14 Å². The molecule has 0 spiro atoms. The first kappa shape index (κ1) is 13.8. The second-order valence-electron chi connectivity index (χ2n) is 5.49. The Balaban J connectivity index is 1.99. The minimum atomic E-state index is -3.50. The van der Waals surface area contributed by atoms with Gasteiger partial charge in [0.1, 0.15) is 0 Å². The molecule has 104 valence electrons. The first-order valence-electron chi connectivity index (χ1n) is 6.78. The molecule has 2 rings (SSSR count). The van der Waals surface area contributed by atoms with Crippen molar-refractivity contribution in [3.05, 3.63) is 0 Å². The summed E-state index contributed by atoms with van der Waals surface area (Å²) in [4.78, 5) is 14.2. The fourth-order valence-corrected chi connectivity index (χ4v) is 4.03. The van der Waals surface area contributed by atoms with Crippen LogP contribution in [0.4, 0.5) is 0 Å². The van der Waals surface area contributed by atoms with Crippen molar-refractivity contribution in [1.82, 2.24) is 4.90 Å². The Kier molecular flexibility index (Phi) is 4.27. The molecule has 1 amide bonds. The van der Waals surface area contributed by atoms with Crippen molar-refractivity contribution in [1.29, 1.82) is 0 Å². The van der Waals surface area contributed by atoms with Crippen molar-refractivity contribution in [3.8, 4) is 0 Å². The highest BCUT2D eigenvalue weighted by atomic mass is 32.2. The summed E-state index contributed by atoms with van der Waals surface area (Å²) in [5.41, 5.74) is 0. The normalized spacial score (nSPS) is 26.5. The number of hydrogen-bond acceptors (Lipinski definition) is 3. The van der Waals surface area contributed by atoms with Crippen LogP contribution in [0.25, 0.3) is 0 Å². The third kappa shape index (κ3) is 3.45. The summed E-state index contributed by atoms with van der Waals surface area (Å²) in [5, 5.41) is 5.09. The van der Waals surface area contributed by atoms with Crippen molar-refractivity contribution < 1.29 is 13.2 Å². The van der Waals surface area contributed by atoms with Gasteiger partial charge in [0.05, 0.1) is 5.75 Å². The highest BCUT2D eigenvalue weighted by molar-refractivity contribution is 7.89. The molecular weight excluding hydrogens is 252 g/mol. The smallest absolute Gasteiger partial charge is 0.225 e. The SMILES string of the molecule is NS(=O)(=O)CC1CCCN1C(=O)C1CCCCC1. The number of nitrogens with two attached hydrogens (primary N) is 1. The lowest BCUT2D eigenvalue weighted by molar-refractivity contribution is -0.137. The molecule has 1 saturated carbocycles. The fourth-order valence-electron chi connectivity index (χ4n) is 3.15. The monoisotopic (exact) mass is 274 g/mol. The molecule has 0 aromatic rings. The average molecular weight is 274 g/mol. The maximum atomic E-state index is 12.4. The zero-order valence-electron chi connectivity index (χ0n) is 10.7. The Morgan fingerprint density at radius 2 is 1.78 bits per heavy atom. The van der Waals surface area contributed by atoms with Crippen molar-refractivity contribution in [2.45, 2.75) is 51.0 Å². The lowest BCUT2D eigenvalue weighted by Gasteiger charge is -2.30. The molecule has 2 fully saturated rings. The van der Waals surface area contributed by atoms with E-state index < -0.39 is 10.0 Å². The van der Waals surface area contributed by atoms with Crippen LogP contribution in [0.1, 0.15) is 44.9 Å². The van der Waals surface area contributed by atoms with E-state index in [4.69, 9.17) is 5.14 Å². The molecule has 5 nitrogen and oxygen atoms in total. The van der Waals surface area contributed by atoms with Gasteiger partial charge in [-0.05, 0) is 25.7 Å². The minimum absolute atomic E-state index is 0.0918. The molecule has 1 unspecified atom stereocenters. The number of likely N-dealkylation sites (tertiary alicyclic amines) is 1.